The zero-order chi connectivity index (χ0) is 23.0. The third-order valence-corrected chi connectivity index (χ3v) is 5.64. The van der Waals surface area contributed by atoms with Crippen LogP contribution in [0.4, 0.5) is 5.69 Å². The standard InChI is InChI=1S/C20H22N4O6S/c1-14(2)19(30-18-9-4-3-6-15(18)13-21)20(25)22-10-11-23-31(28,29)17-8-5-7-16(12-17)24(26)27/h3-9,12,14,19,23H,10-11H2,1-2H3,(H,22,25). The molecule has 1 amide bonds. The Morgan fingerprint density at radius 2 is 1.90 bits per heavy atom. The van der Waals surface area contributed by atoms with Gasteiger partial charge in [0.05, 0.1) is 15.4 Å². The number of amides is 1. The van der Waals surface area contributed by atoms with Crippen molar-refractivity contribution in [3.05, 3.63) is 64.2 Å². The van der Waals surface area contributed by atoms with Gasteiger partial charge in [-0.2, -0.15) is 5.26 Å². The molecule has 0 heterocycles. The molecular weight excluding hydrogens is 424 g/mol. The first-order valence-electron chi connectivity index (χ1n) is 9.33. The van der Waals surface area contributed by atoms with E-state index in [1.54, 1.807) is 38.1 Å². The molecule has 0 spiro atoms. The van der Waals surface area contributed by atoms with E-state index >= 15 is 0 Å². The fraction of sp³-hybridized carbons (Fsp3) is 0.300. The van der Waals surface area contributed by atoms with Crippen molar-refractivity contribution in [3.8, 4) is 11.8 Å². The van der Waals surface area contributed by atoms with Gasteiger partial charge in [-0.25, -0.2) is 13.1 Å². The highest BCUT2D eigenvalue weighted by atomic mass is 32.2. The molecule has 31 heavy (non-hydrogen) atoms. The Bertz CT molecular complexity index is 1090. The number of ether oxygens (including phenoxy) is 1. The highest BCUT2D eigenvalue weighted by molar-refractivity contribution is 7.89. The van der Waals surface area contributed by atoms with E-state index in [1.807, 2.05) is 6.07 Å². The van der Waals surface area contributed by atoms with Crippen LogP contribution in [0.15, 0.2) is 53.4 Å². The van der Waals surface area contributed by atoms with Crippen LogP contribution in [0.5, 0.6) is 5.75 Å². The average Bonchev–Trinajstić information content (AvgIpc) is 2.75. The maximum Gasteiger partial charge on any atom is 0.270 e. The van der Waals surface area contributed by atoms with Crippen LogP contribution in [0.2, 0.25) is 0 Å². The second-order valence-electron chi connectivity index (χ2n) is 6.83. The number of carbonyl (C=O) groups excluding carboxylic acids is 1. The molecule has 11 heteroatoms. The summed E-state index contributed by atoms with van der Waals surface area (Å²) in [7, 11) is -3.98. The van der Waals surface area contributed by atoms with Crippen molar-refractivity contribution in [2.45, 2.75) is 24.8 Å². The molecule has 0 bridgehead atoms. The second-order valence-corrected chi connectivity index (χ2v) is 8.60. The molecule has 2 aromatic carbocycles. The van der Waals surface area contributed by atoms with Gasteiger partial charge in [0.2, 0.25) is 10.0 Å². The largest absolute Gasteiger partial charge is 0.479 e. The molecule has 2 aromatic rings. The number of nitriles is 1. The number of hydrogen-bond acceptors (Lipinski definition) is 7. The van der Waals surface area contributed by atoms with Gasteiger partial charge in [-0.05, 0) is 24.1 Å². The van der Waals surface area contributed by atoms with Crippen LogP contribution >= 0.6 is 0 Å². The number of para-hydroxylation sites is 1. The Kier molecular flexibility index (Phi) is 8.07. The zero-order valence-corrected chi connectivity index (χ0v) is 17.8. The van der Waals surface area contributed by atoms with E-state index in [9.17, 15) is 23.3 Å². The van der Waals surface area contributed by atoms with Gasteiger partial charge in [0.1, 0.15) is 11.8 Å². The van der Waals surface area contributed by atoms with Gasteiger partial charge in [-0.1, -0.05) is 32.0 Å². The molecule has 0 aliphatic carbocycles. The first-order valence-corrected chi connectivity index (χ1v) is 10.8. The molecule has 2 rings (SSSR count). The van der Waals surface area contributed by atoms with E-state index in [0.29, 0.717) is 5.56 Å². The summed E-state index contributed by atoms with van der Waals surface area (Å²) in [6.07, 6.45) is -0.886. The number of sulfonamides is 1. The molecular formula is C20H22N4O6S. The number of non-ortho nitro benzene ring substituents is 1. The smallest absolute Gasteiger partial charge is 0.270 e. The molecule has 0 aliphatic rings. The van der Waals surface area contributed by atoms with E-state index in [0.717, 1.165) is 6.07 Å². The van der Waals surface area contributed by atoms with Crippen LogP contribution in [0.1, 0.15) is 19.4 Å². The van der Waals surface area contributed by atoms with Crippen molar-refractivity contribution in [1.82, 2.24) is 10.0 Å². The molecule has 164 valence electrons. The summed E-state index contributed by atoms with van der Waals surface area (Å²) in [5, 5.41) is 22.6. The third-order valence-electron chi connectivity index (χ3n) is 4.18. The normalized spacial score (nSPS) is 12.1. The summed E-state index contributed by atoms with van der Waals surface area (Å²) in [6.45, 7) is 3.41. The lowest BCUT2D eigenvalue weighted by atomic mass is 10.1. The van der Waals surface area contributed by atoms with E-state index in [1.165, 1.54) is 18.2 Å². The molecule has 2 N–H and O–H groups in total. The number of nitrogens with zero attached hydrogens (tertiary/aromatic N) is 2. The lowest BCUT2D eigenvalue weighted by Gasteiger charge is -2.22. The van der Waals surface area contributed by atoms with Gasteiger partial charge in [0, 0.05) is 25.2 Å². The number of carbonyl (C=O) groups is 1. The van der Waals surface area contributed by atoms with Gasteiger partial charge >= 0.3 is 0 Å². The number of nitrogens with one attached hydrogen (secondary N) is 2. The van der Waals surface area contributed by atoms with Crippen LogP contribution < -0.4 is 14.8 Å². The summed E-state index contributed by atoms with van der Waals surface area (Å²) >= 11 is 0. The van der Waals surface area contributed by atoms with Crippen molar-refractivity contribution in [2.75, 3.05) is 13.1 Å². The Morgan fingerprint density at radius 1 is 1.19 bits per heavy atom. The minimum absolute atomic E-state index is 0.0283. The monoisotopic (exact) mass is 446 g/mol. The quantitative estimate of drug-likeness (QED) is 0.321. The van der Waals surface area contributed by atoms with Gasteiger partial charge in [0.25, 0.3) is 11.6 Å². The molecule has 1 atom stereocenters. The van der Waals surface area contributed by atoms with Crippen molar-refractivity contribution < 1.29 is 22.9 Å². The minimum Gasteiger partial charge on any atom is -0.479 e. The fourth-order valence-corrected chi connectivity index (χ4v) is 3.68. The van der Waals surface area contributed by atoms with Gasteiger partial charge in [0.15, 0.2) is 6.10 Å². The third kappa shape index (κ3) is 6.50. The van der Waals surface area contributed by atoms with Crippen LogP contribution in [-0.2, 0) is 14.8 Å². The molecule has 0 saturated carbocycles. The van der Waals surface area contributed by atoms with Crippen molar-refractivity contribution in [1.29, 1.82) is 5.26 Å². The number of nitro benzene ring substituents is 1. The highest BCUT2D eigenvalue weighted by Crippen LogP contribution is 2.21. The summed E-state index contributed by atoms with van der Waals surface area (Å²) in [5.74, 6) is -0.393. The lowest BCUT2D eigenvalue weighted by molar-refractivity contribution is -0.385. The zero-order valence-electron chi connectivity index (χ0n) is 16.9. The number of rotatable bonds is 10. The SMILES string of the molecule is CC(C)C(Oc1ccccc1C#N)C(=O)NCCNS(=O)(=O)c1cccc([N+](=O)[O-])c1. The first kappa shape index (κ1) is 23.8. The second kappa shape index (κ2) is 10.5. The maximum atomic E-state index is 12.5. The highest BCUT2D eigenvalue weighted by Gasteiger charge is 2.25. The van der Waals surface area contributed by atoms with Crippen molar-refractivity contribution >= 4 is 21.6 Å². The summed E-state index contributed by atoms with van der Waals surface area (Å²) < 4.78 is 32.6. The van der Waals surface area contributed by atoms with Gasteiger partial charge in [-0.15, -0.1) is 0 Å². The van der Waals surface area contributed by atoms with Gasteiger partial charge < -0.3 is 10.1 Å². The van der Waals surface area contributed by atoms with Crippen molar-refractivity contribution in [2.24, 2.45) is 5.92 Å². The topological polar surface area (TPSA) is 151 Å². The number of hydrogen-bond donors (Lipinski definition) is 2. The first-order chi connectivity index (χ1) is 14.7. The Hall–Kier alpha value is -3.49. The van der Waals surface area contributed by atoms with Gasteiger partial charge in [-0.3, -0.25) is 14.9 Å². The van der Waals surface area contributed by atoms with Crippen LogP contribution in [0.25, 0.3) is 0 Å². The summed E-state index contributed by atoms with van der Waals surface area (Å²) in [4.78, 5) is 22.4. The fourth-order valence-electron chi connectivity index (χ4n) is 2.61. The maximum absolute atomic E-state index is 12.5. The Balaban J connectivity index is 1.95. The molecule has 0 fully saturated rings. The summed E-state index contributed by atoms with van der Waals surface area (Å²) in [5.41, 5.74) is -0.0450. The summed E-state index contributed by atoms with van der Waals surface area (Å²) in [6, 6.07) is 13.2. The molecule has 0 saturated heterocycles. The van der Waals surface area contributed by atoms with Crippen LogP contribution in [0.3, 0.4) is 0 Å². The van der Waals surface area contributed by atoms with E-state index in [2.05, 4.69) is 10.0 Å². The van der Waals surface area contributed by atoms with Crippen molar-refractivity contribution in [3.63, 3.8) is 0 Å². The van der Waals surface area contributed by atoms with Crippen LogP contribution in [0, 0.1) is 27.4 Å². The molecule has 0 aliphatic heterocycles. The molecule has 1 unspecified atom stereocenters. The van der Waals surface area contributed by atoms with E-state index in [4.69, 9.17) is 10.00 Å². The molecule has 10 nitrogen and oxygen atoms in total. The van der Waals surface area contributed by atoms with E-state index in [-0.39, 0.29) is 35.3 Å². The number of nitro groups is 1. The Morgan fingerprint density at radius 3 is 2.55 bits per heavy atom. The molecule has 0 aromatic heterocycles. The predicted octanol–water partition coefficient (Wildman–Crippen LogP) is 1.96. The number of benzene rings is 2. The molecule has 0 radical (unpaired) electrons. The lowest BCUT2D eigenvalue weighted by Crippen LogP contribution is -2.44. The Labute approximate surface area is 180 Å². The minimum atomic E-state index is -3.98. The van der Waals surface area contributed by atoms with Crippen LogP contribution in [-0.4, -0.2) is 38.4 Å². The predicted molar refractivity (Wildman–Crippen MR) is 112 cm³/mol. The van der Waals surface area contributed by atoms with E-state index < -0.39 is 27.0 Å². The average molecular weight is 446 g/mol.